The van der Waals surface area contributed by atoms with Gasteiger partial charge in [-0.1, -0.05) is 26.7 Å². The van der Waals surface area contributed by atoms with Crippen LogP contribution in [0.2, 0.25) is 0 Å². The first-order chi connectivity index (χ1) is 10.1. The summed E-state index contributed by atoms with van der Waals surface area (Å²) in [5, 5.41) is 15.2. The molecule has 0 aliphatic rings. The molecule has 0 aliphatic heterocycles. The highest BCUT2D eigenvalue weighted by Gasteiger charge is 2.01. The van der Waals surface area contributed by atoms with E-state index >= 15 is 0 Å². The molecule has 0 rings (SSSR count). The predicted molar refractivity (Wildman–Crippen MR) is 86.3 cm³/mol. The summed E-state index contributed by atoms with van der Waals surface area (Å²) in [7, 11) is 0. The summed E-state index contributed by atoms with van der Waals surface area (Å²) in [6, 6.07) is 0. The fourth-order valence-electron chi connectivity index (χ4n) is 1.35. The van der Waals surface area contributed by atoms with E-state index in [0.717, 1.165) is 32.3 Å². The molecule has 0 spiro atoms. The van der Waals surface area contributed by atoms with Gasteiger partial charge in [0.25, 0.3) is 0 Å². The maximum Gasteiger partial charge on any atom is 0.154 e. The Balaban J connectivity index is -0.000000249. The number of hydrogen-bond donors (Lipinski definition) is 2. The van der Waals surface area contributed by atoms with Crippen molar-refractivity contribution in [3.8, 4) is 0 Å². The van der Waals surface area contributed by atoms with E-state index in [1.165, 1.54) is 12.8 Å². The highest BCUT2D eigenvalue weighted by molar-refractivity contribution is 5.53. The van der Waals surface area contributed by atoms with E-state index in [1.54, 1.807) is 0 Å². The number of carbonyl (C=O) groups is 1. The summed E-state index contributed by atoms with van der Waals surface area (Å²) in [6.45, 7) is 11.2. The quantitative estimate of drug-likeness (QED) is 0.479. The van der Waals surface area contributed by atoms with Crippen LogP contribution in [0, 0.1) is 5.92 Å². The molecule has 21 heavy (non-hydrogen) atoms. The Bertz CT molecular complexity index is 168. The van der Waals surface area contributed by atoms with Crippen LogP contribution < -0.4 is 0 Å². The van der Waals surface area contributed by atoms with Gasteiger partial charge in [0.1, 0.15) is 6.29 Å². The van der Waals surface area contributed by atoms with Crippen LogP contribution in [0.25, 0.3) is 0 Å². The lowest BCUT2D eigenvalue weighted by Gasteiger charge is -2.09. The van der Waals surface area contributed by atoms with Gasteiger partial charge < -0.3 is 24.5 Å². The Hall–Kier alpha value is -0.490. The maximum absolute atomic E-state index is 10.2. The molecule has 0 aliphatic carbocycles. The largest absolute Gasteiger partial charge is 0.394 e. The summed E-state index contributed by atoms with van der Waals surface area (Å²) < 4.78 is 10.1. The smallest absolute Gasteiger partial charge is 0.154 e. The molecule has 0 heterocycles. The fourth-order valence-corrected chi connectivity index (χ4v) is 1.35. The number of aldehydes is 1. The van der Waals surface area contributed by atoms with Crippen molar-refractivity contribution < 1.29 is 24.5 Å². The Morgan fingerprint density at radius 2 is 1.48 bits per heavy atom. The monoisotopic (exact) mass is 308 g/mol. The predicted octanol–water partition coefficient (Wildman–Crippen LogP) is 2.78. The molecular formula is C16H36O5. The van der Waals surface area contributed by atoms with Crippen molar-refractivity contribution in [3.63, 3.8) is 0 Å². The minimum atomic E-state index is -0.125. The lowest BCUT2D eigenvalue weighted by atomic mass is 10.0. The van der Waals surface area contributed by atoms with E-state index in [-0.39, 0.29) is 19.5 Å². The molecule has 5 nitrogen and oxygen atoms in total. The molecule has 0 saturated heterocycles. The van der Waals surface area contributed by atoms with Crippen molar-refractivity contribution in [1.82, 2.24) is 0 Å². The average molecular weight is 308 g/mol. The minimum Gasteiger partial charge on any atom is -0.394 e. The van der Waals surface area contributed by atoms with Crippen LogP contribution >= 0.6 is 0 Å². The lowest BCUT2D eigenvalue weighted by Crippen LogP contribution is -2.11. The minimum absolute atomic E-state index is 0.0370. The van der Waals surface area contributed by atoms with Crippen molar-refractivity contribution in [2.75, 3.05) is 26.4 Å². The van der Waals surface area contributed by atoms with Gasteiger partial charge in [0.15, 0.2) is 6.29 Å². The standard InChI is InChI=1S/C8H16O.C6H14O2.C2H6O2/c1-3-5-6-8(4-2)7-9;1-4-7-6(3)8-5-2;3-1-2-4/h7-8H,3-6H2,1-2H3;6H,4-5H2,1-3H3;3-4H,1-2H2. The van der Waals surface area contributed by atoms with Crippen LogP contribution in [0.1, 0.15) is 60.3 Å². The third kappa shape index (κ3) is 28.4. The van der Waals surface area contributed by atoms with E-state index in [9.17, 15) is 4.79 Å². The molecular weight excluding hydrogens is 272 g/mol. The summed E-state index contributed by atoms with van der Waals surface area (Å²) in [4.78, 5) is 10.2. The van der Waals surface area contributed by atoms with Gasteiger partial charge in [-0.2, -0.15) is 0 Å². The molecule has 130 valence electrons. The molecule has 2 N–H and O–H groups in total. The van der Waals surface area contributed by atoms with Gasteiger partial charge in [0.05, 0.1) is 13.2 Å². The van der Waals surface area contributed by atoms with Crippen molar-refractivity contribution >= 4 is 6.29 Å². The molecule has 1 unspecified atom stereocenters. The van der Waals surface area contributed by atoms with Gasteiger partial charge in [-0.25, -0.2) is 0 Å². The molecule has 0 aromatic rings. The number of hydrogen-bond acceptors (Lipinski definition) is 5. The zero-order valence-corrected chi connectivity index (χ0v) is 14.5. The second kappa shape index (κ2) is 24.5. The van der Waals surface area contributed by atoms with Crippen molar-refractivity contribution in [2.24, 2.45) is 5.92 Å². The van der Waals surface area contributed by atoms with Crippen LogP contribution in [0.3, 0.4) is 0 Å². The van der Waals surface area contributed by atoms with Crippen molar-refractivity contribution in [1.29, 1.82) is 0 Å². The highest BCUT2D eigenvalue weighted by Crippen LogP contribution is 2.08. The number of unbranched alkanes of at least 4 members (excludes halogenated alkanes) is 1. The van der Waals surface area contributed by atoms with Gasteiger partial charge in [-0.3, -0.25) is 0 Å². The van der Waals surface area contributed by atoms with Crippen molar-refractivity contribution in [3.05, 3.63) is 0 Å². The molecule has 0 radical (unpaired) electrons. The Kier molecular flexibility index (Phi) is 29.7. The molecule has 0 aromatic heterocycles. The molecule has 0 fully saturated rings. The summed E-state index contributed by atoms with van der Waals surface area (Å²) in [6.07, 6.45) is 5.52. The number of carbonyl (C=O) groups excluding carboxylic acids is 1. The SMILES string of the molecule is CCCCC(C=O)CC.CCOC(C)OCC.OCCO. The normalized spacial score (nSPS) is 11.0. The van der Waals surface area contributed by atoms with E-state index in [4.69, 9.17) is 19.7 Å². The Morgan fingerprint density at radius 3 is 1.71 bits per heavy atom. The molecule has 5 heteroatoms. The van der Waals surface area contributed by atoms with Crippen LogP contribution in [0.15, 0.2) is 0 Å². The Labute approximate surface area is 130 Å². The van der Waals surface area contributed by atoms with Crippen LogP contribution in [-0.2, 0) is 14.3 Å². The highest BCUT2D eigenvalue weighted by atomic mass is 16.7. The fraction of sp³-hybridized carbons (Fsp3) is 0.938. The molecule has 0 aromatic carbocycles. The molecule has 0 bridgehead atoms. The second-order valence-electron chi connectivity index (χ2n) is 4.37. The molecule has 0 saturated carbocycles. The first kappa shape index (κ1) is 25.5. The van der Waals surface area contributed by atoms with Crippen LogP contribution in [0.5, 0.6) is 0 Å². The number of rotatable bonds is 10. The average Bonchev–Trinajstić information content (AvgIpc) is 2.50. The van der Waals surface area contributed by atoms with Gasteiger partial charge in [-0.05, 0) is 33.6 Å². The summed E-state index contributed by atoms with van der Waals surface area (Å²) in [5.74, 6) is 0.324. The van der Waals surface area contributed by atoms with Gasteiger partial charge in [0.2, 0.25) is 0 Å². The summed E-state index contributed by atoms with van der Waals surface area (Å²) >= 11 is 0. The third-order valence-electron chi connectivity index (χ3n) is 2.55. The van der Waals surface area contributed by atoms with Gasteiger partial charge >= 0.3 is 0 Å². The van der Waals surface area contributed by atoms with E-state index in [1.807, 2.05) is 20.8 Å². The Morgan fingerprint density at radius 1 is 1.00 bits per heavy atom. The third-order valence-corrected chi connectivity index (χ3v) is 2.55. The first-order valence-electron chi connectivity index (χ1n) is 7.97. The number of aliphatic hydroxyl groups is 2. The van der Waals surface area contributed by atoms with Crippen molar-refractivity contribution in [2.45, 2.75) is 66.6 Å². The zero-order valence-electron chi connectivity index (χ0n) is 14.5. The van der Waals surface area contributed by atoms with Gasteiger partial charge in [0, 0.05) is 19.1 Å². The summed E-state index contributed by atoms with van der Waals surface area (Å²) in [5.41, 5.74) is 0. The van der Waals surface area contributed by atoms with Gasteiger partial charge in [-0.15, -0.1) is 0 Å². The molecule has 1 atom stereocenters. The van der Waals surface area contributed by atoms with Crippen LogP contribution in [0.4, 0.5) is 0 Å². The second-order valence-corrected chi connectivity index (χ2v) is 4.37. The zero-order chi connectivity index (χ0) is 16.9. The van der Waals surface area contributed by atoms with E-state index < -0.39 is 0 Å². The lowest BCUT2D eigenvalue weighted by molar-refractivity contribution is -0.123. The topological polar surface area (TPSA) is 76.0 Å². The number of ether oxygens (including phenoxy) is 2. The number of aliphatic hydroxyl groups excluding tert-OH is 2. The van der Waals surface area contributed by atoms with E-state index in [0.29, 0.717) is 5.92 Å². The first-order valence-corrected chi connectivity index (χ1v) is 7.97. The maximum atomic E-state index is 10.2. The van der Waals surface area contributed by atoms with E-state index in [2.05, 4.69) is 13.8 Å². The van der Waals surface area contributed by atoms with Crippen LogP contribution in [-0.4, -0.2) is 49.2 Å². The molecule has 0 amide bonds.